The third-order valence-corrected chi connectivity index (χ3v) is 2.56. The van der Waals surface area contributed by atoms with Gasteiger partial charge in [0.15, 0.2) is 0 Å². The maximum atomic E-state index is 11.0. The van der Waals surface area contributed by atoms with Crippen molar-refractivity contribution in [3.05, 3.63) is 24.5 Å². The molecule has 1 fully saturated rings. The molecule has 5 heteroatoms. The number of β-amino-alcohol motifs (C(OH)–C–C–N with tert-alkyl or cyclic N) is 1. The number of hydrogen-bond acceptors (Lipinski definition) is 4. The fraction of sp³-hybridized carbons (Fsp3) is 0.400. The van der Waals surface area contributed by atoms with Crippen molar-refractivity contribution in [1.29, 1.82) is 0 Å². The fourth-order valence-corrected chi connectivity index (χ4v) is 1.87. The number of aliphatic carboxylic acids is 1. The van der Waals surface area contributed by atoms with Crippen LogP contribution in [0.1, 0.15) is 6.42 Å². The molecular formula is C10H12N2O3. The Morgan fingerprint density at radius 3 is 2.73 bits per heavy atom. The quantitative estimate of drug-likeness (QED) is 0.721. The summed E-state index contributed by atoms with van der Waals surface area (Å²) in [7, 11) is 0. The van der Waals surface area contributed by atoms with Gasteiger partial charge in [-0.15, -0.1) is 0 Å². The van der Waals surface area contributed by atoms with Crippen LogP contribution in [0.2, 0.25) is 0 Å². The van der Waals surface area contributed by atoms with Gasteiger partial charge in [-0.25, -0.2) is 4.79 Å². The maximum Gasteiger partial charge on any atom is 0.326 e. The zero-order valence-corrected chi connectivity index (χ0v) is 8.08. The summed E-state index contributed by atoms with van der Waals surface area (Å²) in [5, 5.41) is 18.5. The average molecular weight is 208 g/mol. The SMILES string of the molecule is O=C(O)[C@@H]1C[C@@H](O)CN1c1ccncc1. The van der Waals surface area contributed by atoms with Gasteiger partial charge in [0.25, 0.3) is 0 Å². The zero-order valence-electron chi connectivity index (χ0n) is 8.08. The first-order valence-corrected chi connectivity index (χ1v) is 4.76. The number of aliphatic hydroxyl groups is 1. The van der Waals surface area contributed by atoms with Gasteiger partial charge >= 0.3 is 5.97 Å². The Morgan fingerprint density at radius 2 is 2.13 bits per heavy atom. The van der Waals surface area contributed by atoms with Gasteiger partial charge < -0.3 is 15.1 Å². The molecular weight excluding hydrogens is 196 g/mol. The van der Waals surface area contributed by atoms with Gasteiger partial charge in [0.05, 0.1) is 6.10 Å². The fourth-order valence-electron chi connectivity index (χ4n) is 1.87. The summed E-state index contributed by atoms with van der Waals surface area (Å²) < 4.78 is 0. The first-order chi connectivity index (χ1) is 7.18. The van der Waals surface area contributed by atoms with Crippen molar-refractivity contribution in [1.82, 2.24) is 4.98 Å². The van der Waals surface area contributed by atoms with Crippen molar-refractivity contribution in [2.75, 3.05) is 11.4 Å². The molecule has 1 aromatic rings. The van der Waals surface area contributed by atoms with Gasteiger partial charge in [-0.2, -0.15) is 0 Å². The van der Waals surface area contributed by atoms with Crippen LogP contribution in [0.25, 0.3) is 0 Å². The molecule has 0 aliphatic carbocycles. The number of carbonyl (C=O) groups is 1. The van der Waals surface area contributed by atoms with Crippen molar-refractivity contribution >= 4 is 11.7 Å². The van der Waals surface area contributed by atoms with Crippen LogP contribution in [0.15, 0.2) is 24.5 Å². The molecule has 0 unspecified atom stereocenters. The van der Waals surface area contributed by atoms with Crippen LogP contribution in [0.3, 0.4) is 0 Å². The third-order valence-electron chi connectivity index (χ3n) is 2.56. The van der Waals surface area contributed by atoms with Gasteiger partial charge in [-0.1, -0.05) is 0 Å². The van der Waals surface area contributed by atoms with E-state index in [1.165, 1.54) is 0 Å². The van der Waals surface area contributed by atoms with Crippen LogP contribution >= 0.6 is 0 Å². The maximum absolute atomic E-state index is 11.0. The van der Waals surface area contributed by atoms with E-state index in [1.807, 2.05) is 0 Å². The largest absolute Gasteiger partial charge is 0.480 e. The van der Waals surface area contributed by atoms with Crippen LogP contribution in [-0.2, 0) is 4.79 Å². The summed E-state index contributed by atoms with van der Waals surface area (Å²) in [5.41, 5.74) is 0.786. The summed E-state index contributed by atoms with van der Waals surface area (Å²) >= 11 is 0. The Balaban J connectivity index is 2.24. The smallest absolute Gasteiger partial charge is 0.326 e. The summed E-state index contributed by atoms with van der Waals surface area (Å²) in [4.78, 5) is 16.5. The van der Waals surface area contributed by atoms with E-state index in [-0.39, 0.29) is 6.42 Å². The summed E-state index contributed by atoms with van der Waals surface area (Å²) in [6.45, 7) is 0.362. The number of rotatable bonds is 2. The Hall–Kier alpha value is -1.62. The van der Waals surface area contributed by atoms with Crippen molar-refractivity contribution in [2.24, 2.45) is 0 Å². The zero-order chi connectivity index (χ0) is 10.8. The van der Waals surface area contributed by atoms with Gasteiger partial charge in [0.1, 0.15) is 6.04 Å². The molecule has 1 aliphatic heterocycles. The monoisotopic (exact) mass is 208 g/mol. The molecule has 1 saturated heterocycles. The Bertz CT molecular complexity index is 355. The minimum absolute atomic E-state index is 0.275. The lowest BCUT2D eigenvalue weighted by atomic mass is 10.2. The molecule has 5 nitrogen and oxygen atoms in total. The summed E-state index contributed by atoms with van der Waals surface area (Å²) in [5.74, 6) is -0.900. The molecule has 2 rings (SSSR count). The van der Waals surface area contributed by atoms with E-state index in [4.69, 9.17) is 5.11 Å². The number of aliphatic hydroxyl groups excluding tert-OH is 1. The lowest BCUT2D eigenvalue weighted by Crippen LogP contribution is -2.35. The normalized spacial score (nSPS) is 25.5. The van der Waals surface area contributed by atoms with E-state index in [0.717, 1.165) is 5.69 Å². The third kappa shape index (κ3) is 1.92. The molecule has 0 saturated carbocycles. The molecule has 0 radical (unpaired) electrons. The first kappa shape index (κ1) is 9.92. The predicted molar refractivity (Wildman–Crippen MR) is 53.6 cm³/mol. The molecule has 1 aliphatic rings. The van der Waals surface area contributed by atoms with Gasteiger partial charge in [-0.05, 0) is 12.1 Å². The van der Waals surface area contributed by atoms with Crippen LogP contribution in [0.4, 0.5) is 5.69 Å². The molecule has 2 atom stereocenters. The van der Waals surface area contributed by atoms with E-state index in [2.05, 4.69) is 4.98 Å². The Morgan fingerprint density at radius 1 is 1.47 bits per heavy atom. The van der Waals surface area contributed by atoms with Crippen molar-refractivity contribution in [3.8, 4) is 0 Å². The average Bonchev–Trinajstić information content (AvgIpc) is 2.62. The highest BCUT2D eigenvalue weighted by atomic mass is 16.4. The number of carboxylic acids is 1. The minimum atomic E-state index is -0.900. The van der Waals surface area contributed by atoms with Crippen LogP contribution in [0, 0.1) is 0 Å². The van der Waals surface area contributed by atoms with E-state index < -0.39 is 18.1 Å². The van der Waals surface area contributed by atoms with Crippen LogP contribution < -0.4 is 4.90 Å². The molecule has 1 aromatic heterocycles. The number of hydrogen-bond donors (Lipinski definition) is 2. The van der Waals surface area contributed by atoms with E-state index in [0.29, 0.717) is 6.54 Å². The van der Waals surface area contributed by atoms with Gasteiger partial charge in [-0.3, -0.25) is 4.98 Å². The second kappa shape index (κ2) is 3.86. The summed E-state index contributed by atoms with van der Waals surface area (Å²) in [6, 6.07) is 2.85. The topological polar surface area (TPSA) is 73.7 Å². The first-order valence-electron chi connectivity index (χ1n) is 4.76. The van der Waals surface area contributed by atoms with Crippen molar-refractivity contribution in [2.45, 2.75) is 18.6 Å². The number of pyridine rings is 1. The molecule has 0 amide bonds. The number of nitrogens with zero attached hydrogens (tertiary/aromatic N) is 2. The molecule has 2 heterocycles. The standard InChI is InChI=1S/C10H12N2O3/c13-8-5-9(10(14)15)12(6-8)7-1-3-11-4-2-7/h1-4,8-9,13H,5-6H2,(H,14,15)/t8-,9+/m1/s1. The van der Waals surface area contributed by atoms with E-state index in [9.17, 15) is 9.90 Å². The second-order valence-corrected chi connectivity index (χ2v) is 3.60. The summed E-state index contributed by atoms with van der Waals surface area (Å²) in [6.07, 6.45) is 2.93. The van der Waals surface area contributed by atoms with Gasteiger partial charge in [0, 0.05) is 31.0 Å². The van der Waals surface area contributed by atoms with Crippen molar-refractivity contribution in [3.63, 3.8) is 0 Å². The Kier molecular flexibility index (Phi) is 2.55. The highest BCUT2D eigenvalue weighted by Crippen LogP contribution is 2.25. The number of anilines is 1. The second-order valence-electron chi connectivity index (χ2n) is 3.60. The van der Waals surface area contributed by atoms with Crippen LogP contribution in [0.5, 0.6) is 0 Å². The van der Waals surface area contributed by atoms with E-state index >= 15 is 0 Å². The molecule has 80 valence electrons. The van der Waals surface area contributed by atoms with Crippen LogP contribution in [-0.4, -0.2) is 39.9 Å². The molecule has 0 bridgehead atoms. The lowest BCUT2D eigenvalue weighted by Gasteiger charge is -2.22. The lowest BCUT2D eigenvalue weighted by molar-refractivity contribution is -0.138. The highest BCUT2D eigenvalue weighted by Gasteiger charge is 2.35. The highest BCUT2D eigenvalue weighted by molar-refractivity contribution is 5.79. The van der Waals surface area contributed by atoms with E-state index in [1.54, 1.807) is 29.4 Å². The Labute approximate surface area is 87.0 Å². The van der Waals surface area contributed by atoms with Crippen molar-refractivity contribution < 1.29 is 15.0 Å². The minimum Gasteiger partial charge on any atom is -0.480 e. The molecule has 0 spiro atoms. The molecule has 2 N–H and O–H groups in total. The number of aromatic nitrogens is 1. The predicted octanol–water partition coefficient (Wildman–Crippen LogP) is 0.106. The molecule has 0 aromatic carbocycles. The number of carboxylic acid groups (broad SMARTS) is 1. The van der Waals surface area contributed by atoms with Gasteiger partial charge in [0.2, 0.25) is 0 Å². The molecule has 15 heavy (non-hydrogen) atoms.